The van der Waals surface area contributed by atoms with E-state index in [9.17, 15) is 18.7 Å². The molecular formula is C19H27F2N3O3. The molecule has 0 aliphatic carbocycles. The van der Waals surface area contributed by atoms with Crippen LogP contribution >= 0.6 is 0 Å². The zero-order valence-corrected chi connectivity index (χ0v) is 15.4. The molecular weight excluding hydrogens is 356 g/mol. The molecule has 2 aliphatic heterocycles. The maximum Gasteiger partial charge on any atom is 0.256 e. The first-order chi connectivity index (χ1) is 13.0. The van der Waals surface area contributed by atoms with Crippen LogP contribution in [0.3, 0.4) is 0 Å². The molecule has 0 radical (unpaired) electrons. The van der Waals surface area contributed by atoms with Gasteiger partial charge in [0.25, 0.3) is 5.91 Å². The number of carbonyl (C=O) groups excluding carboxylic acids is 1. The van der Waals surface area contributed by atoms with Crippen LogP contribution in [0.15, 0.2) is 18.2 Å². The quantitative estimate of drug-likeness (QED) is 0.680. The third-order valence-electron chi connectivity index (χ3n) is 5.19. The summed E-state index contributed by atoms with van der Waals surface area (Å²) >= 11 is 0. The molecule has 0 saturated carbocycles. The molecule has 2 N–H and O–H groups in total. The second-order valence-corrected chi connectivity index (χ2v) is 7.24. The predicted octanol–water partition coefficient (Wildman–Crippen LogP) is 0.740. The standard InChI is InChI=1S/C19H27F2N3O3/c20-16-3-2-15(12-17(16)21)13-24-6-1-4-19(26,18(24)25)14-22-5-7-23-8-10-27-11-9-23/h2-3,12,22,26H,1,4-11,13-14H2. The topological polar surface area (TPSA) is 65.0 Å². The zero-order chi connectivity index (χ0) is 19.3. The number of likely N-dealkylation sites (tertiary alicyclic amines) is 1. The number of hydrogen-bond donors (Lipinski definition) is 2. The van der Waals surface area contributed by atoms with Crippen LogP contribution in [0.1, 0.15) is 18.4 Å². The number of aliphatic hydroxyl groups is 1. The summed E-state index contributed by atoms with van der Waals surface area (Å²) in [7, 11) is 0. The molecule has 27 heavy (non-hydrogen) atoms. The number of amides is 1. The summed E-state index contributed by atoms with van der Waals surface area (Å²) in [6.45, 7) is 5.62. The van der Waals surface area contributed by atoms with Gasteiger partial charge in [-0.1, -0.05) is 6.07 Å². The Balaban J connectivity index is 1.50. The average Bonchev–Trinajstić information content (AvgIpc) is 2.67. The Morgan fingerprint density at radius 1 is 1.19 bits per heavy atom. The van der Waals surface area contributed by atoms with Crippen molar-refractivity contribution in [1.82, 2.24) is 15.1 Å². The summed E-state index contributed by atoms with van der Waals surface area (Å²) in [5.41, 5.74) is -0.950. The van der Waals surface area contributed by atoms with E-state index < -0.39 is 17.2 Å². The highest BCUT2D eigenvalue weighted by molar-refractivity contribution is 5.86. The van der Waals surface area contributed by atoms with Gasteiger partial charge >= 0.3 is 0 Å². The Morgan fingerprint density at radius 3 is 2.70 bits per heavy atom. The maximum absolute atomic E-state index is 13.4. The van der Waals surface area contributed by atoms with Crippen LogP contribution in [-0.2, 0) is 16.1 Å². The summed E-state index contributed by atoms with van der Waals surface area (Å²) in [6, 6.07) is 3.61. The van der Waals surface area contributed by atoms with Gasteiger partial charge in [0.1, 0.15) is 0 Å². The Kier molecular flexibility index (Phi) is 6.75. The first kappa shape index (κ1) is 20.1. The molecule has 1 amide bonds. The lowest BCUT2D eigenvalue weighted by Gasteiger charge is -2.38. The highest BCUT2D eigenvalue weighted by Gasteiger charge is 2.41. The third kappa shape index (κ3) is 5.22. The van der Waals surface area contributed by atoms with Gasteiger partial charge in [0.05, 0.1) is 13.2 Å². The molecule has 6 nitrogen and oxygen atoms in total. The van der Waals surface area contributed by atoms with E-state index in [0.29, 0.717) is 31.5 Å². The number of nitrogens with one attached hydrogen (secondary N) is 1. The van der Waals surface area contributed by atoms with Crippen LogP contribution in [0, 0.1) is 11.6 Å². The lowest BCUT2D eigenvalue weighted by atomic mass is 9.91. The molecule has 1 atom stereocenters. The fourth-order valence-electron chi connectivity index (χ4n) is 3.60. The fourth-order valence-corrected chi connectivity index (χ4v) is 3.60. The molecule has 1 aromatic carbocycles. The fraction of sp³-hybridized carbons (Fsp3) is 0.632. The van der Waals surface area contributed by atoms with E-state index in [2.05, 4.69) is 10.2 Å². The molecule has 0 spiro atoms. The van der Waals surface area contributed by atoms with Gasteiger partial charge in [0.2, 0.25) is 0 Å². The monoisotopic (exact) mass is 383 g/mol. The van der Waals surface area contributed by atoms with Gasteiger partial charge in [-0.05, 0) is 30.5 Å². The van der Waals surface area contributed by atoms with Crippen LogP contribution in [0.5, 0.6) is 0 Å². The largest absolute Gasteiger partial charge is 0.379 e. The van der Waals surface area contributed by atoms with E-state index in [1.807, 2.05) is 0 Å². The minimum Gasteiger partial charge on any atom is -0.379 e. The molecule has 3 rings (SSSR count). The molecule has 150 valence electrons. The van der Waals surface area contributed by atoms with E-state index >= 15 is 0 Å². The first-order valence-corrected chi connectivity index (χ1v) is 9.44. The van der Waals surface area contributed by atoms with Gasteiger partial charge in [0, 0.05) is 45.8 Å². The van der Waals surface area contributed by atoms with Crippen molar-refractivity contribution in [3.8, 4) is 0 Å². The van der Waals surface area contributed by atoms with Gasteiger partial charge in [-0.2, -0.15) is 0 Å². The van der Waals surface area contributed by atoms with Crippen LogP contribution in [0.25, 0.3) is 0 Å². The number of nitrogens with zero attached hydrogens (tertiary/aromatic N) is 2. The Morgan fingerprint density at radius 2 is 1.96 bits per heavy atom. The number of rotatable bonds is 7. The number of piperidine rings is 1. The van der Waals surface area contributed by atoms with E-state index in [4.69, 9.17) is 4.74 Å². The first-order valence-electron chi connectivity index (χ1n) is 9.44. The Hall–Kier alpha value is -1.61. The van der Waals surface area contributed by atoms with Crippen molar-refractivity contribution in [1.29, 1.82) is 0 Å². The molecule has 0 bridgehead atoms. The van der Waals surface area contributed by atoms with Crippen molar-refractivity contribution in [3.05, 3.63) is 35.4 Å². The Bertz CT molecular complexity index is 655. The molecule has 2 saturated heterocycles. The second kappa shape index (κ2) is 9.05. The van der Waals surface area contributed by atoms with Gasteiger partial charge in [-0.25, -0.2) is 8.78 Å². The van der Waals surface area contributed by atoms with Crippen molar-refractivity contribution in [3.63, 3.8) is 0 Å². The number of carbonyl (C=O) groups is 1. The number of ether oxygens (including phenoxy) is 1. The van der Waals surface area contributed by atoms with Gasteiger partial charge in [-0.15, -0.1) is 0 Å². The number of hydrogen-bond acceptors (Lipinski definition) is 5. The van der Waals surface area contributed by atoms with Crippen LogP contribution in [0.2, 0.25) is 0 Å². The summed E-state index contributed by atoms with van der Waals surface area (Å²) in [5, 5.41) is 14.0. The summed E-state index contributed by atoms with van der Waals surface area (Å²) in [6.07, 6.45) is 1.06. The summed E-state index contributed by atoms with van der Waals surface area (Å²) < 4.78 is 31.8. The van der Waals surface area contributed by atoms with Crippen LogP contribution in [-0.4, -0.2) is 78.9 Å². The zero-order valence-electron chi connectivity index (χ0n) is 15.4. The van der Waals surface area contributed by atoms with Crippen molar-refractivity contribution in [2.24, 2.45) is 0 Å². The highest BCUT2D eigenvalue weighted by Crippen LogP contribution is 2.24. The Labute approximate surface area is 158 Å². The highest BCUT2D eigenvalue weighted by atomic mass is 19.2. The number of morpholine rings is 1. The van der Waals surface area contributed by atoms with Gasteiger partial charge < -0.3 is 20.1 Å². The summed E-state index contributed by atoms with van der Waals surface area (Å²) in [5.74, 6) is -2.21. The molecule has 2 fully saturated rings. The molecule has 1 unspecified atom stereocenters. The van der Waals surface area contributed by atoms with Crippen molar-refractivity contribution in [2.45, 2.75) is 25.0 Å². The number of halogens is 2. The normalized spacial score (nSPS) is 24.4. The molecule has 2 heterocycles. The molecule has 2 aliphatic rings. The van der Waals surface area contributed by atoms with Crippen molar-refractivity contribution < 1.29 is 23.4 Å². The maximum atomic E-state index is 13.4. The molecule has 1 aromatic rings. The lowest BCUT2D eigenvalue weighted by molar-refractivity contribution is -0.157. The molecule has 0 aromatic heterocycles. The van der Waals surface area contributed by atoms with E-state index in [0.717, 1.165) is 45.0 Å². The molecule has 8 heteroatoms. The summed E-state index contributed by atoms with van der Waals surface area (Å²) in [4.78, 5) is 16.5. The minimum atomic E-state index is -1.46. The van der Waals surface area contributed by atoms with Gasteiger partial charge in [-0.3, -0.25) is 9.69 Å². The number of benzene rings is 1. The van der Waals surface area contributed by atoms with Gasteiger partial charge in [0.15, 0.2) is 17.2 Å². The predicted molar refractivity (Wildman–Crippen MR) is 96.1 cm³/mol. The van der Waals surface area contributed by atoms with E-state index in [-0.39, 0.29) is 19.0 Å². The minimum absolute atomic E-state index is 0.159. The smallest absolute Gasteiger partial charge is 0.256 e. The van der Waals surface area contributed by atoms with E-state index in [1.54, 1.807) is 0 Å². The van der Waals surface area contributed by atoms with Crippen molar-refractivity contribution in [2.75, 3.05) is 52.5 Å². The van der Waals surface area contributed by atoms with Crippen molar-refractivity contribution >= 4 is 5.91 Å². The van der Waals surface area contributed by atoms with Crippen LogP contribution < -0.4 is 5.32 Å². The van der Waals surface area contributed by atoms with Crippen LogP contribution in [0.4, 0.5) is 8.78 Å². The third-order valence-corrected chi connectivity index (χ3v) is 5.19. The lowest BCUT2D eigenvalue weighted by Crippen LogP contribution is -2.58. The SMILES string of the molecule is O=C1N(Cc2ccc(F)c(F)c2)CCCC1(O)CNCCN1CCOCC1. The van der Waals surface area contributed by atoms with E-state index in [1.165, 1.54) is 11.0 Å². The second-order valence-electron chi connectivity index (χ2n) is 7.24. The average molecular weight is 383 g/mol.